The molecule has 0 radical (unpaired) electrons. The molecule has 0 fully saturated rings. The summed E-state index contributed by atoms with van der Waals surface area (Å²) >= 11 is 6.40. The molecule has 0 aliphatic heterocycles. The zero-order valence-corrected chi connectivity index (χ0v) is 11.3. The molecule has 0 bridgehead atoms. The van der Waals surface area contributed by atoms with Gasteiger partial charge in [0.15, 0.2) is 4.77 Å². The minimum absolute atomic E-state index is 0.0842. The zero-order chi connectivity index (χ0) is 13.4. The molecule has 7 heteroatoms. The Labute approximate surface area is 116 Å². The fraction of sp³-hybridized carbons (Fsp3) is 0.0833. The van der Waals surface area contributed by atoms with Gasteiger partial charge in [0, 0.05) is 11.1 Å². The number of nitriles is 1. The second kappa shape index (κ2) is 4.50. The highest BCUT2D eigenvalue weighted by molar-refractivity contribution is 7.71. The summed E-state index contributed by atoms with van der Waals surface area (Å²) in [6.07, 6.45) is 0. The van der Waals surface area contributed by atoms with Crippen molar-refractivity contribution in [2.75, 3.05) is 0 Å². The SMILES string of the molecule is N#Cc1cccc2c1[nH]c(=S)n2Cc1csc(=O)[nH]1. The van der Waals surface area contributed by atoms with Crippen molar-refractivity contribution in [3.63, 3.8) is 0 Å². The van der Waals surface area contributed by atoms with Crippen molar-refractivity contribution in [1.29, 1.82) is 5.26 Å². The van der Waals surface area contributed by atoms with Crippen LogP contribution in [0, 0.1) is 16.1 Å². The van der Waals surface area contributed by atoms with Crippen LogP contribution in [0.3, 0.4) is 0 Å². The van der Waals surface area contributed by atoms with Crippen molar-refractivity contribution >= 4 is 34.6 Å². The molecule has 2 heterocycles. The number of thiazole rings is 1. The molecule has 3 aromatic rings. The number of fused-ring (bicyclic) bond motifs is 1. The molecule has 5 nitrogen and oxygen atoms in total. The van der Waals surface area contributed by atoms with Gasteiger partial charge in [-0.3, -0.25) is 4.79 Å². The molecule has 19 heavy (non-hydrogen) atoms. The van der Waals surface area contributed by atoms with E-state index in [0.717, 1.165) is 28.1 Å². The lowest BCUT2D eigenvalue weighted by molar-refractivity contribution is 0.789. The molecule has 0 amide bonds. The Morgan fingerprint density at radius 1 is 1.42 bits per heavy atom. The van der Waals surface area contributed by atoms with E-state index in [2.05, 4.69) is 16.0 Å². The number of rotatable bonds is 2. The quantitative estimate of drug-likeness (QED) is 0.711. The lowest BCUT2D eigenvalue weighted by Gasteiger charge is -2.02. The monoisotopic (exact) mass is 288 g/mol. The van der Waals surface area contributed by atoms with Crippen LogP contribution in [0.5, 0.6) is 0 Å². The molecule has 2 aromatic heterocycles. The smallest absolute Gasteiger partial charge is 0.304 e. The van der Waals surface area contributed by atoms with E-state index >= 15 is 0 Å². The van der Waals surface area contributed by atoms with Gasteiger partial charge in [0.1, 0.15) is 6.07 Å². The Kier molecular flexibility index (Phi) is 2.81. The number of para-hydroxylation sites is 1. The molecule has 0 saturated carbocycles. The second-order valence-electron chi connectivity index (χ2n) is 4.00. The molecule has 0 spiro atoms. The highest BCUT2D eigenvalue weighted by atomic mass is 32.1. The standard InChI is InChI=1S/C12H8N4OS2/c13-4-7-2-1-3-9-10(7)15-11(18)16(9)5-8-6-19-12(17)14-8/h1-3,6H,5H2,(H,14,17)(H,15,18). The Morgan fingerprint density at radius 2 is 2.26 bits per heavy atom. The number of imidazole rings is 1. The largest absolute Gasteiger partial charge is 0.329 e. The second-order valence-corrected chi connectivity index (χ2v) is 5.23. The van der Waals surface area contributed by atoms with Crippen LogP contribution in [0.1, 0.15) is 11.3 Å². The molecule has 2 N–H and O–H groups in total. The average molecular weight is 288 g/mol. The Morgan fingerprint density at radius 3 is 2.95 bits per heavy atom. The van der Waals surface area contributed by atoms with Gasteiger partial charge in [-0.15, -0.1) is 0 Å². The van der Waals surface area contributed by atoms with E-state index in [-0.39, 0.29) is 4.87 Å². The summed E-state index contributed by atoms with van der Waals surface area (Å²) in [5.41, 5.74) is 2.94. The van der Waals surface area contributed by atoms with Gasteiger partial charge >= 0.3 is 4.87 Å². The predicted molar refractivity (Wildman–Crippen MR) is 75.9 cm³/mol. The number of benzene rings is 1. The number of nitrogens with zero attached hydrogens (tertiary/aromatic N) is 2. The highest BCUT2D eigenvalue weighted by Gasteiger charge is 2.09. The highest BCUT2D eigenvalue weighted by Crippen LogP contribution is 2.18. The number of aromatic nitrogens is 3. The van der Waals surface area contributed by atoms with Gasteiger partial charge in [0.2, 0.25) is 0 Å². The first-order chi connectivity index (χ1) is 9.19. The van der Waals surface area contributed by atoms with Crippen LogP contribution in [-0.2, 0) is 6.54 Å². The molecule has 0 unspecified atom stereocenters. The summed E-state index contributed by atoms with van der Waals surface area (Å²) in [6.45, 7) is 0.479. The van der Waals surface area contributed by atoms with Crippen LogP contribution in [0.15, 0.2) is 28.4 Å². The predicted octanol–water partition coefficient (Wildman–Crippen LogP) is 2.37. The van der Waals surface area contributed by atoms with E-state index in [1.54, 1.807) is 11.4 Å². The Bertz CT molecular complexity index is 906. The van der Waals surface area contributed by atoms with E-state index in [1.807, 2.05) is 16.7 Å². The van der Waals surface area contributed by atoms with Crippen LogP contribution in [0.25, 0.3) is 11.0 Å². The number of H-pyrrole nitrogens is 2. The summed E-state index contributed by atoms with van der Waals surface area (Å²) in [7, 11) is 0. The van der Waals surface area contributed by atoms with Gasteiger partial charge in [-0.05, 0) is 24.4 Å². The number of hydrogen-bond donors (Lipinski definition) is 2. The van der Waals surface area contributed by atoms with Crippen LogP contribution >= 0.6 is 23.6 Å². The maximum Gasteiger partial charge on any atom is 0.304 e. The van der Waals surface area contributed by atoms with Crippen LogP contribution in [-0.4, -0.2) is 14.5 Å². The normalized spacial score (nSPS) is 10.7. The first-order valence-electron chi connectivity index (χ1n) is 5.47. The van der Waals surface area contributed by atoms with Crippen LogP contribution in [0.2, 0.25) is 0 Å². The third kappa shape index (κ3) is 2.01. The summed E-state index contributed by atoms with van der Waals surface area (Å²) in [5.74, 6) is 0. The minimum atomic E-state index is -0.0842. The molecule has 0 aliphatic rings. The van der Waals surface area contributed by atoms with E-state index in [9.17, 15) is 4.79 Å². The van der Waals surface area contributed by atoms with Crippen molar-refractivity contribution in [2.24, 2.45) is 0 Å². The van der Waals surface area contributed by atoms with Gasteiger partial charge in [0.05, 0.1) is 23.1 Å². The molecule has 94 valence electrons. The van der Waals surface area contributed by atoms with E-state index < -0.39 is 0 Å². The molecular weight excluding hydrogens is 280 g/mol. The lowest BCUT2D eigenvalue weighted by atomic mass is 10.2. The van der Waals surface area contributed by atoms with Gasteiger partial charge in [-0.2, -0.15) is 5.26 Å². The molecule has 3 rings (SSSR count). The summed E-state index contributed by atoms with van der Waals surface area (Å²) in [6, 6.07) is 7.58. The summed E-state index contributed by atoms with van der Waals surface area (Å²) in [4.78, 5) is 16.9. The van der Waals surface area contributed by atoms with E-state index in [1.165, 1.54) is 0 Å². The zero-order valence-electron chi connectivity index (χ0n) is 9.64. The van der Waals surface area contributed by atoms with Crippen molar-refractivity contribution in [1.82, 2.24) is 14.5 Å². The minimum Gasteiger partial charge on any atom is -0.329 e. The number of nitrogens with one attached hydrogen (secondary N) is 2. The molecular formula is C12H8N4OS2. The lowest BCUT2D eigenvalue weighted by Crippen LogP contribution is -2.02. The van der Waals surface area contributed by atoms with Gasteiger partial charge in [-0.25, -0.2) is 0 Å². The van der Waals surface area contributed by atoms with Crippen LogP contribution in [0.4, 0.5) is 0 Å². The van der Waals surface area contributed by atoms with Crippen molar-refractivity contribution in [3.8, 4) is 6.07 Å². The molecule has 0 atom stereocenters. The van der Waals surface area contributed by atoms with Gasteiger partial charge in [-0.1, -0.05) is 17.4 Å². The molecule has 0 aliphatic carbocycles. The summed E-state index contributed by atoms with van der Waals surface area (Å²) < 4.78 is 2.40. The Balaban J connectivity index is 2.19. The van der Waals surface area contributed by atoms with Crippen molar-refractivity contribution < 1.29 is 0 Å². The van der Waals surface area contributed by atoms with Crippen molar-refractivity contribution in [2.45, 2.75) is 6.54 Å². The van der Waals surface area contributed by atoms with Gasteiger partial charge < -0.3 is 14.5 Å². The fourth-order valence-electron chi connectivity index (χ4n) is 1.99. The van der Waals surface area contributed by atoms with Gasteiger partial charge in [0.25, 0.3) is 0 Å². The summed E-state index contributed by atoms with van der Waals surface area (Å²) in [5, 5.41) is 10.8. The third-order valence-corrected chi connectivity index (χ3v) is 3.87. The number of aromatic amines is 2. The maximum absolute atomic E-state index is 11.1. The Hall–Kier alpha value is -2.17. The third-order valence-electron chi connectivity index (χ3n) is 2.83. The first kappa shape index (κ1) is 11.9. The molecule has 1 aromatic carbocycles. The average Bonchev–Trinajstić information content (AvgIpc) is 2.94. The maximum atomic E-state index is 11.1. The van der Waals surface area contributed by atoms with E-state index in [4.69, 9.17) is 17.5 Å². The number of hydrogen-bond acceptors (Lipinski definition) is 4. The molecule has 0 saturated heterocycles. The van der Waals surface area contributed by atoms with Crippen LogP contribution < -0.4 is 4.87 Å². The van der Waals surface area contributed by atoms with Crippen molar-refractivity contribution in [3.05, 3.63) is 49.3 Å². The van der Waals surface area contributed by atoms with E-state index in [0.29, 0.717) is 16.9 Å². The first-order valence-corrected chi connectivity index (χ1v) is 6.76. The topological polar surface area (TPSA) is 77.4 Å². The fourth-order valence-corrected chi connectivity index (χ4v) is 2.83.